The number of carbonyl (C=O) groups excluding carboxylic acids is 1. The molecule has 7 nitrogen and oxygen atoms in total. The molecule has 0 radical (unpaired) electrons. The lowest BCUT2D eigenvalue weighted by molar-refractivity contribution is -0.384. The van der Waals surface area contributed by atoms with Crippen LogP contribution in [0.5, 0.6) is 0 Å². The summed E-state index contributed by atoms with van der Waals surface area (Å²) in [5.41, 5.74) is 1.48. The lowest BCUT2D eigenvalue weighted by Gasteiger charge is -2.21. The Balaban J connectivity index is 2.02. The number of benzene rings is 3. The molecule has 31 heavy (non-hydrogen) atoms. The predicted octanol–water partition coefficient (Wildman–Crippen LogP) is 4.59. The number of anilines is 1. The van der Waals surface area contributed by atoms with E-state index in [0.29, 0.717) is 5.56 Å². The molecule has 0 N–H and O–H groups in total. The smallest absolute Gasteiger partial charge is 0.268 e. The van der Waals surface area contributed by atoms with Crippen molar-refractivity contribution in [2.75, 3.05) is 4.31 Å². The molecule has 3 aromatic carbocycles. The van der Waals surface area contributed by atoms with Crippen molar-refractivity contribution in [3.8, 4) is 0 Å². The maximum atomic E-state index is 13.3. The Bertz CT molecular complexity index is 1220. The van der Waals surface area contributed by atoms with E-state index in [9.17, 15) is 23.3 Å². The fourth-order valence-electron chi connectivity index (χ4n) is 2.93. The van der Waals surface area contributed by atoms with Crippen molar-refractivity contribution in [3.05, 3.63) is 106 Å². The topological polar surface area (TPSA) is 97.6 Å². The van der Waals surface area contributed by atoms with Crippen LogP contribution < -0.4 is 4.31 Å². The number of nitro groups is 1. The van der Waals surface area contributed by atoms with Gasteiger partial charge in [0.05, 0.1) is 15.5 Å². The van der Waals surface area contributed by atoms with Crippen molar-refractivity contribution < 1.29 is 18.1 Å². The average Bonchev–Trinajstić information content (AvgIpc) is 2.79. The van der Waals surface area contributed by atoms with Crippen LogP contribution in [-0.2, 0) is 21.2 Å². The van der Waals surface area contributed by atoms with Gasteiger partial charge in [-0.1, -0.05) is 49.4 Å². The molecule has 0 saturated heterocycles. The van der Waals surface area contributed by atoms with Gasteiger partial charge in [-0.15, -0.1) is 0 Å². The third kappa shape index (κ3) is 5.04. The summed E-state index contributed by atoms with van der Waals surface area (Å²) < 4.78 is 27.3. The molecule has 0 aliphatic carbocycles. The summed E-state index contributed by atoms with van der Waals surface area (Å²) >= 11 is 0. The largest absolute Gasteiger partial charge is 0.271 e. The van der Waals surface area contributed by atoms with E-state index in [4.69, 9.17) is 0 Å². The molecule has 0 heterocycles. The van der Waals surface area contributed by atoms with Crippen LogP contribution in [0.4, 0.5) is 11.4 Å². The Hall–Kier alpha value is -3.78. The highest BCUT2D eigenvalue weighted by Crippen LogP contribution is 2.25. The lowest BCUT2D eigenvalue weighted by atomic mass is 10.1. The van der Waals surface area contributed by atoms with Crippen molar-refractivity contribution in [1.82, 2.24) is 0 Å². The fourth-order valence-corrected chi connectivity index (χ4v) is 4.34. The van der Waals surface area contributed by atoms with Gasteiger partial charge in [0.2, 0.25) is 0 Å². The first-order valence-electron chi connectivity index (χ1n) is 9.48. The summed E-state index contributed by atoms with van der Waals surface area (Å²) in [5, 5.41) is 11.0. The summed E-state index contributed by atoms with van der Waals surface area (Å²) in [6, 6.07) is 20.1. The standard InChI is InChI=1S/C23H20N2O5S/c1-2-18-11-14-20(15-12-18)24(31(29,30)22-9-4-3-5-10-22)23(26)16-13-19-7-6-8-21(17-19)25(27)28/h3-17H,2H2,1H3/b16-13+. The molecule has 0 saturated carbocycles. The second-order valence-electron chi connectivity index (χ2n) is 6.63. The maximum Gasteiger partial charge on any atom is 0.271 e. The lowest BCUT2D eigenvalue weighted by Crippen LogP contribution is -2.35. The highest BCUT2D eigenvalue weighted by molar-refractivity contribution is 7.93. The zero-order valence-electron chi connectivity index (χ0n) is 16.7. The van der Waals surface area contributed by atoms with Crippen molar-refractivity contribution in [3.63, 3.8) is 0 Å². The van der Waals surface area contributed by atoms with E-state index >= 15 is 0 Å². The van der Waals surface area contributed by atoms with Gasteiger partial charge in [-0.25, -0.2) is 8.42 Å². The van der Waals surface area contributed by atoms with Gasteiger partial charge in [0.1, 0.15) is 0 Å². The minimum Gasteiger partial charge on any atom is -0.268 e. The number of sulfonamides is 1. The maximum absolute atomic E-state index is 13.3. The van der Waals surface area contributed by atoms with E-state index in [0.717, 1.165) is 22.4 Å². The Morgan fingerprint density at radius 1 is 1.00 bits per heavy atom. The van der Waals surface area contributed by atoms with Crippen molar-refractivity contribution >= 4 is 33.4 Å². The first kappa shape index (κ1) is 21.9. The van der Waals surface area contributed by atoms with Crippen LogP contribution >= 0.6 is 0 Å². The average molecular weight is 436 g/mol. The summed E-state index contributed by atoms with van der Waals surface area (Å²) in [7, 11) is -4.17. The molecule has 0 bridgehead atoms. The number of hydrogen-bond acceptors (Lipinski definition) is 5. The van der Waals surface area contributed by atoms with Gasteiger partial charge < -0.3 is 0 Å². The zero-order valence-corrected chi connectivity index (χ0v) is 17.5. The van der Waals surface area contributed by atoms with E-state index in [2.05, 4.69) is 0 Å². The van der Waals surface area contributed by atoms with E-state index in [-0.39, 0.29) is 16.3 Å². The third-order valence-corrected chi connectivity index (χ3v) is 6.30. The van der Waals surface area contributed by atoms with Crippen LogP contribution in [0.15, 0.2) is 89.8 Å². The number of hydrogen-bond donors (Lipinski definition) is 0. The summed E-state index contributed by atoms with van der Waals surface area (Å²) in [6.45, 7) is 1.97. The normalized spacial score (nSPS) is 11.4. The third-order valence-electron chi connectivity index (χ3n) is 4.56. The highest BCUT2D eigenvalue weighted by atomic mass is 32.2. The molecule has 0 aromatic heterocycles. The first-order chi connectivity index (χ1) is 14.8. The van der Waals surface area contributed by atoms with E-state index in [1.165, 1.54) is 36.4 Å². The monoisotopic (exact) mass is 436 g/mol. The SMILES string of the molecule is CCc1ccc(N(C(=O)/C=C/c2cccc([N+](=O)[O-])c2)S(=O)(=O)c2ccccc2)cc1. The zero-order chi connectivity index (χ0) is 22.4. The molecule has 0 unspecified atom stereocenters. The van der Waals surface area contributed by atoms with Crippen LogP contribution in [0.3, 0.4) is 0 Å². The van der Waals surface area contributed by atoms with Gasteiger partial charge in [-0.2, -0.15) is 4.31 Å². The number of nitrogens with zero attached hydrogens (tertiary/aromatic N) is 2. The van der Waals surface area contributed by atoms with Crippen LogP contribution in [0.1, 0.15) is 18.1 Å². The quantitative estimate of drug-likeness (QED) is 0.306. The molecular weight excluding hydrogens is 416 g/mol. The number of carbonyl (C=O) groups is 1. The van der Waals surface area contributed by atoms with Gasteiger partial charge in [-0.05, 0) is 47.9 Å². The van der Waals surface area contributed by atoms with Gasteiger partial charge >= 0.3 is 0 Å². The van der Waals surface area contributed by atoms with Crippen LogP contribution in [-0.4, -0.2) is 19.2 Å². The second-order valence-corrected chi connectivity index (χ2v) is 8.41. The molecule has 0 spiro atoms. The first-order valence-corrected chi connectivity index (χ1v) is 10.9. The molecule has 8 heteroatoms. The van der Waals surface area contributed by atoms with Crippen molar-refractivity contribution in [2.24, 2.45) is 0 Å². The van der Waals surface area contributed by atoms with Crippen molar-refractivity contribution in [2.45, 2.75) is 18.2 Å². The molecule has 3 aromatic rings. The van der Waals surface area contributed by atoms with E-state index in [1.54, 1.807) is 48.5 Å². The van der Waals surface area contributed by atoms with Gasteiger partial charge in [0.15, 0.2) is 0 Å². The van der Waals surface area contributed by atoms with E-state index < -0.39 is 20.9 Å². The fraction of sp³-hybridized carbons (Fsp3) is 0.0870. The summed E-state index contributed by atoms with van der Waals surface area (Å²) in [5.74, 6) is -0.792. The van der Waals surface area contributed by atoms with Crippen LogP contribution in [0, 0.1) is 10.1 Å². The molecule has 0 fully saturated rings. The molecule has 0 atom stereocenters. The second kappa shape index (κ2) is 9.36. The summed E-state index contributed by atoms with van der Waals surface area (Å²) in [4.78, 5) is 23.4. The van der Waals surface area contributed by atoms with Gasteiger partial charge in [0.25, 0.3) is 21.6 Å². The Morgan fingerprint density at radius 3 is 2.29 bits per heavy atom. The Labute approximate surface area is 180 Å². The predicted molar refractivity (Wildman–Crippen MR) is 119 cm³/mol. The molecular formula is C23H20N2O5S. The number of nitro benzene ring substituents is 1. The molecule has 0 aliphatic heterocycles. The van der Waals surface area contributed by atoms with Gasteiger partial charge in [-0.3, -0.25) is 14.9 Å². The van der Waals surface area contributed by atoms with Crippen molar-refractivity contribution in [1.29, 1.82) is 0 Å². The Kier molecular flexibility index (Phi) is 6.61. The summed E-state index contributed by atoms with van der Waals surface area (Å²) in [6.07, 6.45) is 3.21. The molecule has 1 amide bonds. The Morgan fingerprint density at radius 2 is 1.68 bits per heavy atom. The number of rotatable bonds is 7. The van der Waals surface area contributed by atoms with E-state index in [1.807, 2.05) is 6.92 Å². The number of non-ortho nitro benzene ring substituents is 1. The highest BCUT2D eigenvalue weighted by Gasteiger charge is 2.29. The minimum atomic E-state index is -4.17. The van der Waals surface area contributed by atoms with Gasteiger partial charge in [0, 0.05) is 18.2 Å². The number of amides is 1. The van der Waals surface area contributed by atoms with Crippen LogP contribution in [0.25, 0.3) is 6.08 Å². The minimum absolute atomic E-state index is 0.0216. The molecule has 0 aliphatic rings. The number of aryl methyl sites for hydroxylation is 1. The molecule has 158 valence electrons. The molecule has 3 rings (SSSR count). The van der Waals surface area contributed by atoms with Crippen LogP contribution in [0.2, 0.25) is 0 Å².